The van der Waals surface area contributed by atoms with E-state index in [2.05, 4.69) is 20.7 Å². The van der Waals surface area contributed by atoms with E-state index >= 15 is 0 Å². The average molecular weight is 507 g/mol. The van der Waals surface area contributed by atoms with Crippen molar-refractivity contribution in [2.45, 2.75) is 56.4 Å². The van der Waals surface area contributed by atoms with E-state index in [-0.39, 0.29) is 23.5 Å². The minimum Gasteiger partial charge on any atom is -0.483 e. The Morgan fingerprint density at radius 2 is 1.94 bits per heavy atom. The van der Waals surface area contributed by atoms with Gasteiger partial charge in [-0.15, -0.1) is 0 Å². The Labute approximate surface area is 192 Å². The van der Waals surface area contributed by atoms with E-state index in [4.69, 9.17) is 4.74 Å². The van der Waals surface area contributed by atoms with E-state index < -0.39 is 10.0 Å². The molecule has 0 atom stereocenters. The molecule has 1 N–H and O–H groups in total. The lowest BCUT2D eigenvalue weighted by Crippen LogP contribution is -2.36. The highest BCUT2D eigenvalue weighted by atomic mass is 79.9. The van der Waals surface area contributed by atoms with Crippen LogP contribution < -0.4 is 14.4 Å². The monoisotopic (exact) mass is 506 g/mol. The maximum Gasteiger partial charge on any atom is 0.264 e. The minimum atomic E-state index is -3.57. The van der Waals surface area contributed by atoms with Crippen LogP contribution in [0.4, 0.5) is 5.69 Å². The number of halogens is 1. The second kappa shape index (κ2) is 9.30. The van der Waals surface area contributed by atoms with E-state index in [9.17, 15) is 13.2 Å². The Bertz CT molecular complexity index is 1080. The van der Waals surface area contributed by atoms with Crippen molar-refractivity contribution in [2.75, 3.05) is 18.1 Å². The number of benzene rings is 2. The standard InChI is InChI=1S/C23H27BrN2O4S/c1-16-13-20(31(28,29)25-19-5-3-2-4-6-19)8-10-22(16)30-15-23(27)26-12-11-17-14-18(24)7-9-21(17)26/h7-10,13-14,19,25H,2-6,11-12,15H2,1H3. The van der Waals surface area contributed by atoms with Gasteiger partial charge in [0.15, 0.2) is 6.61 Å². The lowest BCUT2D eigenvalue weighted by molar-refractivity contribution is -0.120. The first-order chi connectivity index (χ1) is 14.8. The topological polar surface area (TPSA) is 75.7 Å². The van der Waals surface area contributed by atoms with Crippen LogP contribution in [0.5, 0.6) is 5.75 Å². The number of carbonyl (C=O) groups excluding carboxylic acids is 1. The van der Waals surface area contributed by atoms with Crippen LogP contribution in [0.25, 0.3) is 0 Å². The van der Waals surface area contributed by atoms with E-state index in [1.54, 1.807) is 30.0 Å². The van der Waals surface area contributed by atoms with Crippen LogP contribution in [-0.4, -0.2) is 33.5 Å². The Balaban J connectivity index is 1.39. The largest absolute Gasteiger partial charge is 0.483 e. The molecule has 1 saturated carbocycles. The van der Waals surface area contributed by atoms with Crippen LogP contribution in [0.2, 0.25) is 0 Å². The Kier molecular flexibility index (Phi) is 6.69. The molecular formula is C23H27BrN2O4S. The number of fused-ring (bicyclic) bond motifs is 1. The molecule has 2 aromatic carbocycles. The van der Waals surface area contributed by atoms with E-state index in [0.717, 1.165) is 47.8 Å². The van der Waals surface area contributed by atoms with Crippen molar-refractivity contribution in [3.63, 3.8) is 0 Å². The minimum absolute atomic E-state index is 0.0107. The molecular weight excluding hydrogens is 480 g/mol. The quantitative estimate of drug-likeness (QED) is 0.632. The summed E-state index contributed by atoms with van der Waals surface area (Å²) in [5.41, 5.74) is 2.74. The maximum atomic E-state index is 12.7. The third-order valence-electron chi connectivity index (χ3n) is 5.97. The zero-order valence-electron chi connectivity index (χ0n) is 17.6. The van der Waals surface area contributed by atoms with Gasteiger partial charge in [-0.3, -0.25) is 4.79 Å². The highest BCUT2D eigenvalue weighted by molar-refractivity contribution is 9.10. The lowest BCUT2D eigenvalue weighted by atomic mass is 9.96. The smallest absolute Gasteiger partial charge is 0.264 e. The molecule has 31 heavy (non-hydrogen) atoms. The fourth-order valence-electron chi connectivity index (χ4n) is 4.31. The zero-order valence-corrected chi connectivity index (χ0v) is 20.0. The molecule has 1 aliphatic carbocycles. The van der Waals surface area contributed by atoms with Crippen LogP contribution in [0.3, 0.4) is 0 Å². The highest BCUT2D eigenvalue weighted by Crippen LogP contribution is 2.31. The van der Waals surface area contributed by atoms with E-state index in [1.165, 1.54) is 6.42 Å². The molecule has 0 saturated heterocycles. The molecule has 2 aliphatic rings. The van der Waals surface area contributed by atoms with E-state index in [1.807, 2.05) is 18.2 Å². The molecule has 1 aliphatic heterocycles. The van der Waals surface area contributed by atoms with Crippen LogP contribution in [0, 0.1) is 6.92 Å². The predicted octanol–water partition coefficient (Wildman–Crippen LogP) is 4.34. The van der Waals surface area contributed by atoms with Gasteiger partial charge in [-0.05, 0) is 73.7 Å². The molecule has 0 aromatic heterocycles. The molecule has 4 rings (SSSR count). The summed E-state index contributed by atoms with van der Waals surface area (Å²) in [6.07, 6.45) is 5.89. The van der Waals surface area contributed by atoms with Gasteiger partial charge in [0.1, 0.15) is 5.75 Å². The number of nitrogens with one attached hydrogen (secondary N) is 1. The first-order valence-electron chi connectivity index (χ1n) is 10.7. The van der Waals surface area contributed by atoms with Gasteiger partial charge >= 0.3 is 0 Å². The summed E-state index contributed by atoms with van der Waals surface area (Å²) in [5.74, 6) is 0.399. The first-order valence-corrected chi connectivity index (χ1v) is 13.0. The van der Waals surface area contributed by atoms with Crippen molar-refractivity contribution < 1.29 is 17.9 Å². The summed E-state index contributed by atoms with van der Waals surface area (Å²) in [6, 6.07) is 10.7. The number of sulfonamides is 1. The van der Waals surface area contributed by atoms with Gasteiger partial charge in [0.25, 0.3) is 5.91 Å². The number of ether oxygens (including phenoxy) is 1. The number of hydrogen-bond donors (Lipinski definition) is 1. The molecule has 1 heterocycles. The summed E-state index contributed by atoms with van der Waals surface area (Å²) in [6.45, 7) is 2.34. The third kappa shape index (κ3) is 5.13. The molecule has 2 aromatic rings. The van der Waals surface area contributed by atoms with Crippen LogP contribution >= 0.6 is 15.9 Å². The zero-order chi connectivity index (χ0) is 22.0. The fourth-order valence-corrected chi connectivity index (χ4v) is 6.10. The molecule has 1 fully saturated rings. The summed E-state index contributed by atoms with van der Waals surface area (Å²) in [7, 11) is -3.57. The molecule has 0 unspecified atom stereocenters. The summed E-state index contributed by atoms with van der Waals surface area (Å²) in [4.78, 5) is 14.7. The number of nitrogens with zero attached hydrogens (tertiary/aromatic N) is 1. The predicted molar refractivity (Wildman–Crippen MR) is 124 cm³/mol. The lowest BCUT2D eigenvalue weighted by Gasteiger charge is -2.23. The summed E-state index contributed by atoms with van der Waals surface area (Å²) in [5, 5.41) is 0. The maximum absolute atomic E-state index is 12.7. The summed E-state index contributed by atoms with van der Waals surface area (Å²) < 4.78 is 35.0. The number of carbonyl (C=O) groups is 1. The van der Waals surface area contributed by atoms with Crippen molar-refractivity contribution in [3.05, 3.63) is 52.0 Å². The molecule has 0 radical (unpaired) electrons. The Morgan fingerprint density at radius 3 is 2.68 bits per heavy atom. The molecule has 166 valence electrons. The number of rotatable bonds is 6. The number of amides is 1. The number of aryl methyl sites for hydroxylation is 1. The van der Waals surface area contributed by atoms with Crippen LogP contribution in [0.15, 0.2) is 45.8 Å². The Hall–Kier alpha value is -1.90. The van der Waals surface area contributed by atoms with Crippen molar-refractivity contribution in [1.29, 1.82) is 0 Å². The van der Waals surface area contributed by atoms with Crippen molar-refractivity contribution in [1.82, 2.24) is 4.72 Å². The molecule has 6 nitrogen and oxygen atoms in total. The summed E-state index contributed by atoms with van der Waals surface area (Å²) >= 11 is 3.46. The second-order valence-corrected chi connectivity index (χ2v) is 10.9. The van der Waals surface area contributed by atoms with Gasteiger partial charge in [0, 0.05) is 22.7 Å². The van der Waals surface area contributed by atoms with E-state index in [0.29, 0.717) is 17.9 Å². The number of anilines is 1. The highest BCUT2D eigenvalue weighted by Gasteiger charge is 2.26. The number of hydrogen-bond acceptors (Lipinski definition) is 4. The van der Waals surface area contributed by atoms with Gasteiger partial charge < -0.3 is 9.64 Å². The van der Waals surface area contributed by atoms with Crippen LogP contribution in [-0.2, 0) is 21.2 Å². The second-order valence-electron chi connectivity index (χ2n) is 8.24. The molecule has 0 spiro atoms. The average Bonchev–Trinajstić information content (AvgIpc) is 3.16. The van der Waals surface area contributed by atoms with Gasteiger partial charge in [-0.2, -0.15) is 0 Å². The fraction of sp³-hybridized carbons (Fsp3) is 0.435. The van der Waals surface area contributed by atoms with Gasteiger partial charge in [0.2, 0.25) is 10.0 Å². The first kappa shape index (κ1) is 22.3. The normalized spacial score (nSPS) is 16.9. The molecule has 8 heteroatoms. The molecule has 0 bridgehead atoms. The third-order valence-corrected chi connectivity index (χ3v) is 7.98. The van der Waals surface area contributed by atoms with Gasteiger partial charge in [-0.1, -0.05) is 35.2 Å². The van der Waals surface area contributed by atoms with Crippen molar-refractivity contribution in [2.24, 2.45) is 0 Å². The van der Waals surface area contributed by atoms with Gasteiger partial charge in [0.05, 0.1) is 4.90 Å². The Morgan fingerprint density at radius 1 is 1.16 bits per heavy atom. The van der Waals surface area contributed by atoms with Crippen molar-refractivity contribution >= 4 is 37.5 Å². The SMILES string of the molecule is Cc1cc(S(=O)(=O)NC2CCCCC2)ccc1OCC(=O)N1CCc2cc(Br)ccc21. The molecule has 1 amide bonds. The van der Waals surface area contributed by atoms with Crippen LogP contribution in [0.1, 0.15) is 43.2 Å². The van der Waals surface area contributed by atoms with Gasteiger partial charge in [-0.25, -0.2) is 13.1 Å². The van der Waals surface area contributed by atoms with Crippen molar-refractivity contribution in [3.8, 4) is 5.75 Å².